The van der Waals surface area contributed by atoms with Crippen molar-refractivity contribution < 1.29 is 48.0 Å². The van der Waals surface area contributed by atoms with Crippen LogP contribution in [-0.2, 0) is 33.3 Å². The number of aromatic nitrogens is 1. The number of ketones is 1. The minimum Gasteiger partial charge on any atom is -0.462 e. The quantitative estimate of drug-likeness (QED) is 0.194. The Morgan fingerprint density at radius 1 is 1.00 bits per heavy atom. The van der Waals surface area contributed by atoms with Crippen molar-refractivity contribution in [1.82, 2.24) is 4.98 Å². The molecule has 2 fully saturated rings. The Balaban J connectivity index is 1.68. The van der Waals surface area contributed by atoms with E-state index in [1.165, 1.54) is 26.2 Å². The second-order valence-corrected chi connectivity index (χ2v) is 13.0. The minimum absolute atomic E-state index is 0.119. The predicted octanol–water partition coefficient (Wildman–Crippen LogP) is 4.03. The lowest BCUT2D eigenvalue weighted by atomic mass is 9.42. The van der Waals surface area contributed by atoms with Gasteiger partial charge in [0.25, 0.3) is 0 Å². The molecule has 0 bridgehead atoms. The van der Waals surface area contributed by atoms with E-state index in [1.807, 2.05) is 19.9 Å². The SMILES string of the molecule is CC(=O)O[C@H](CC1COC(=O)C1=O)[C@@]1(C)[C@@H]2CCC=C(C)[C@@]2(C)[C@H](OC(=O)c2cccnc2)[C@@H](OC(=O)c2ccccc2)[C@@]1(C)O. The second-order valence-electron chi connectivity index (χ2n) is 13.0. The molecule has 1 aromatic heterocycles. The van der Waals surface area contributed by atoms with Gasteiger partial charge in [0.05, 0.1) is 17.0 Å². The van der Waals surface area contributed by atoms with Gasteiger partial charge < -0.3 is 24.1 Å². The Labute approximate surface area is 267 Å². The number of carbonyl (C=O) groups is 5. The fraction of sp³-hybridized carbons (Fsp3) is 0.486. The highest BCUT2D eigenvalue weighted by atomic mass is 16.6. The number of aliphatic hydroxyl groups is 1. The summed E-state index contributed by atoms with van der Waals surface area (Å²) in [6.45, 7) is 8.03. The number of hydrogen-bond donors (Lipinski definition) is 1. The molecule has 0 spiro atoms. The van der Waals surface area contributed by atoms with E-state index in [0.29, 0.717) is 12.8 Å². The molecule has 1 saturated heterocycles. The first-order valence-electron chi connectivity index (χ1n) is 15.4. The summed E-state index contributed by atoms with van der Waals surface area (Å²) in [5.74, 6) is -5.30. The summed E-state index contributed by atoms with van der Waals surface area (Å²) in [6, 6.07) is 11.4. The molecular weight excluding hydrogens is 594 g/mol. The van der Waals surface area contributed by atoms with Gasteiger partial charge in [-0.05, 0) is 63.3 Å². The van der Waals surface area contributed by atoms with Crippen LogP contribution in [0.25, 0.3) is 0 Å². The number of allylic oxidation sites excluding steroid dienone is 1. The molecule has 2 aliphatic carbocycles. The molecule has 2 aromatic rings. The maximum atomic E-state index is 13.7. The van der Waals surface area contributed by atoms with Gasteiger partial charge in [-0.15, -0.1) is 0 Å². The van der Waals surface area contributed by atoms with Crippen LogP contribution in [-0.4, -0.2) is 70.3 Å². The lowest BCUT2D eigenvalue weighted by molar-refractivity contribution is -0.291. The maximum absolute atomic E-state index is 13.7. The van der Waals surface area contributed by atoms with E-state index in [2.05, 4.69) is 4.98 Å². The smallest absolute Gasteiger partial charge is 0.375 e. The van der Waals surface area contributed by atoms with Crippen molar-refractivity contribution >= 4 is 29.7 Å². The Hall–Kier alpha value is -4.38. The molecule has 1 N–H and O–H groups in total. The second kappa shape index (κ2) is 12.4. The highest BCUT2D eigenvalue weighted by Gasteiger charge is 2.73. The Bertz CT molecular complexity index is 1550. The molecule has 5 rings (SSSR count). The minimum atomic E-state index is -2.02. The van der Waals surface area contributed by atoms with E-state index in [-0.39, 0.29) is 24.2 Å². The van der Waals surface area contributed by atoms with Gasteiger partial charge in [-0.25, -0.2) is 14.4 Å². The van der Waals surface area contributed by atoms with Crippen LogP contribution >= 0.6 is 0 Å². The zero-order valence-corrected chi connectivity index (χ0v) is 26.6. The summed E-state index contributed by atoms with van der Waals surface area (Å²) in [7, 11) is 0. The number of ether oxygens (including phenoxy) is 4. The van der Waals surface area contributed by atoms with Crippen LogP contribution in [0.2, 0.25) is 0 Å². The van der Waals surface area contributed by atoms with E-state index >= 15 is 0 Å². The topological polar surface area (TPSA) is 155 Å². The monoisotopic (exact) mass is 633 g/mol. The fourth-order valence-corrected chi connectivity index (χ4v) is 7.75. The highest BCUT2D eigenvalue weighted by molar-refractivity contribution is 6.36. The van der Waals surface area contributed by atoms with Crippen LogP contribution in [0.1, 0.15) is 74.6 Å². The summed E-state index contributed by atoms with van der Waals surface area (Å²) < 4.78 is 23.3. The number of nitrogens with zero attached hydrogens (tertiary/aromatic N) is 1. The van der Waals surface area contributed by atoms with Gasteiger partial charge in [-0.2, -0.15) is 0 Å². The van der Waals surface area contributed by atoms with Crippen molar-refractivity contribution in [1.29, 1.82) is 0 Å². The Morgan fingerprint density at radius 2 is 1.65 bits per heavy atom. The third-order valence-electron chi connectivity index (χ3n) is 10.6. The zero-order valence-electron chi connectivity index (χ0n) is 26.6. The molecule has 0 amide bonds. The van der Waals surface area contributed by atoms with E-state index in [1.54, 1.807) is 49.4 Å². The number of cyclic esters (lactones) is 1. The number of pyridine rings is 1. The molecule has 244 valence electrons. The lowest BCUT2D eigenvalue weighted by Crippen LogP contribution is -2.76. The average Bonchev–Trinajstić information content (AvgIpc) is 3.35. The average molecular weight is 634 g/mol. The molecule has 1 saturated carbocycles. The molecule has 3 aliphatic rings. The van der Waals surface area contributed by atoms with Crippen LogP contribution in [0.4, 0.5) is 0 Å². The van der Waals surface area contributed by atoms with Gasteiger partial charge >= 0.3 is 23.9 Å². The number of Topliss-reactive ketones (excluding diaryl/α,β-unsaturated/α-hetero) is 1. The molecule has 11 heteroatoms. The first-order chi connectivity index (χ1) is 21.7. The predicted molar refractivity (Wildman–Crippen MR) is 162 cm³/mol. The van der Waals surface area contributed by atoms with E-state index in [0.717, 1.165) is 5.57 Å². The third-order valence-corrected chi connectivity index (χ3v) is 10.6. The van der Waals surface area contributed by atoms with Crippen molar-refractivity contribution in [2.24, 2.45) is 22.7 Å². The summed E-state index contributed by atoms with van der Waals surface area (Å²) in [4.78, 5) is 68.7. The maximum Gasteiger partial charge on any atom is 0.375 e. The number of rotatable bonds is 8. The molecule has 46 heavy (non-hydrogen) atoms. The molecule has 2 heterocycles. The Morgan fingerprint density at radius 3 is 2.26 bits per heavy atom. The molecule has 1 unspecified atom stereocenters. The standard InChI is InChI=1S/C35H39NO10/c1-20-11-9-15-25-33(20,3)28(45-31(40)23-14-10-16-36-18-23)29(46-30(39)22-12-7-6-8-13-22)35(5,42)34(25,4)26(44-21(2)37)17-24-19-43-32(41)27(24)38/h6-8,10-14,16,18,24-26,28-29,42H,9,15,17,19H2,1-5H3/t24?,25-,26-,28-,29-,33-,34-,35-/m1/s1. The van der Waals surface area contributed by atoms with E-state index in [9.17, 15) is 29.1 Å². The summed E-state index contributed by atoms with van der Waals surface area (Å²) >= 11 is 0. The van der Waals surface area contributed by atoms with Crippen molar-refractivity contribution in [2.75, 3.05) is 6.61 Å². The molecule has 1 aliphatic heterocycles. The van der Waals surface area contributed by atoms with Crippen LogP contribution in [0.3, 0.4) is 0 Å². The zero-order chi connectivity index (χ0) is 33.4. The first kappa shape index (κ1) is 33.0. The number of fused-ring (bicyclic) bond motifs is 1. The normalized spacial score (nSPS) is 32.8. The van der Waals surface area contributed by atoms with Crippen molar-refractivity contribution in [2.45, 2.75) is 77.8 Å². The van der Waals surface area contributed by atoms with Crippen molar-refractivity contribution in [3.05, 3.63) is 77.6 Å². The van der Waals surface area contributed by atoms with Gasteiger partial charge in [0, 0.05) is 30.1 Å². The summed E-state index contributed by atoms with van der Waals surface area (Å²) in [5, 5.41) is 12.8. The van der Waals surface area contributed by atoms with Crippen LogP contribution in [0.15, 0.2) is 66.5 Å². The van der Waals surface area contributed by atoms with Gasteiger partial charge in [0.15, 0.2) is 12.2 Å². The summed E-state index contributed by atoms with van der Waals surface area (Å²) in [6.07, 6.45) is 2.05. The van der Waals surface area contributed by atoms with Gasteiger partial charge in [-0.3, -0.25) is 14.6 Å². The lowest BCUT2D eigenvalue weighted by Gasteiger charge is -2.66. The Kier molecular flexibility index (Phi) is 8.92. The highest BCUT2D eigenvalue weighted by Crippen LogP contribution is 2.65. The molecule has 1 aromatic carbocycles. The number of hydrogen-bond acceptors (Lipinski definition) is 11. The molecule has 11 nitrogen and oxygen atoms in total. The van der Waals surface area contributed by atoms with E-state index in [4.69, 9.17) is 18.9 Å². The molecule has 0 radical (unpaired) electrons. The third kappa shape index (κ3) is 5.50. The van der Waals surface area contributed by atoms with Crippen LogP contribution in [0, 0.1) is 22.7 Å². The first-order valence-corrected chi connectivity index (χ1v) is 15.4. The molecular formula is C35H39NO10. The largest absolute Gasteiger partial charge is 0.462 e. The molecule has 8 atom stereocenters. The van der Waals surface area contributed by atoms with Crippen LogP contribution in [0.5, 0.6) is 0 Å². The number of carbonyl (C=O) groups excluding carboxylic acids is 5. The van der Waals surface area contributed by atoms with Gasteiger partial charge in [0.1, 0.15) is 18.3 Å². The van der Waals surface area contributed by atoms with Crippen molar-refractivity contribution in [3.63, 3.8) is 0 Å². The van der Waals surface area contributed by atoms with Crippen LogP contribution < -0.4 is 0 Å². The van der Waals surface area contributed by atoms with E-state index < -0.39 is 76.2 Å². The van der Waals surface area contributed by atoms with Gasteiger partial charge in [0.2, 0.25) is 5.78 Å². The summed E-state index contributed by atoms with van der Waals surface area (Å²) in [5.41, 5.74) is -3.28. The number of esters is 4. The fourth-order valence-electron chi connectivity index (χ4n) is 7.75. The number of benzene rings is 1. The van der Waals surface area contributed by atoms with Crippen molar-refractivity contribution in [3.8, 4) is 0 Å². The van der Waals surface area contributed by atoms with Gasteiger partial charge in [-0.1, -0.05) is 43.7 Å².